The number of carbonyl (C=O) groups excluding carboxylic acids is 2. The first-order chi connectivity index (χ1) is 11.3. The zero-order chi connectivity index (χ0) is 18.5. The summed E-state index contributed by atoms with van der Waals surface area (Å²) in [6, 6.07) is -2.04. The lowest BCUT2D eigenvalue weighted by Crippen LogP contribution is -2.45. The maximum atomic E-state index is 11.1. The molecule has 0 aromatic rings. The van der Waals surface area contributed by atoms with Crippen LogP contribution in [0.3, 0.4) is 0 Å². The molecule has 0 radical (unpaired) electrons. The lowest BCUT2D eigenvalue weighted by Gasteiger charge is -2.14. The molecule has 0 aliphatic carbocycles. The number of carboxylic acids is 2. The average Bonchev–Trinajstić information content (AvgIpc) is 2.54. The molecule has 138 valence electrons. The summed E-state index contributed by atoms with van der Waals surface area (Å²) in [6.07, 6.45) is 0. The van der Waals surface area contributed by atoms with Crippen LogP contribution in [0.15, 0.2) is 0 Å². The summed E-state index contributed by atoms with van der Waals surface area (Å²) in [5.74, 6) is -1.91. The molecule has 2 amide bonds. The van der Waals surface area contributed by atoms with Crippen molar-refractivity contribution in [2.24, 2.45) is 11.5 Å². The van der Waals surface area contributed by atoms with Gasteiger partial charge in [0.25, 0.3) is 0 Å². The van der Waals surface area contributed by atoms with Gasteiger partial charge in [0.1, 0.15) is 12.1 Å². The molecule has 24 heavy (non-hydrogen) atoms. The zero-order valence-corrected chi connectivity index (χ0v) is 14.5. The van der Waals surface area contributed by atoms with Crippen LogP contribution in [-0.4, -0.2) is 82.2 Å². The highest BCUT2D eigenvalue weighted by Gasteiger charge is 2.20. The van der Waals surface area contributed by atoms with Crippen molar-refractivity contribution in [1.82, 2.24) is 10.6 Å². The van der Waals surface area contributed by atoms with Crippen molar-refractivity contribution in [3.8, 4) is 0 Å². The predicted molar refractivity (Wildman–Crippen MR) is 91.9 cm³/mol. The molecule has 0 aromatic heterocycles. The second-order valence-corrected chi connectivity index (χ2v) is 6.77. The molecule has 0 aliphatic heterocycles. The van der Waals surface area contributed by atoms with Gasteiger partial charge in [-0.3, -0.25) is 9.59 Å². The van der Waals surface area contributed by atoms with Crippen molar-refractivity contribution in [2.45, 2.75) is 12.1 Å². The summed E-state index contributed by atoms with van der Waals surface area (Å²) in [6.45, 7) is -0.565. The standard InChI is InChI=1S/C12H22N4O6S2/c13-3-9(17)15-7(11(19)20)5-23-1-2-24-6-8(12(21)22)16-10(18)4-14/h7-8H,1-6,13-14H2,(H,15,17)(H,16,18)(H,19,20)(H,21,22). The third kappa shape index (κ3) is 10.3. The molecular weight excluding hydrogens is 360 g/mol. The molecule has 0 aromatic carbocycles. The van der Waals surface area contributed by atoms with Crippen LogP contribution in [0.4, 0.5) is 0 Å². The van der Waals surface area contributed by atoms with Crippen LogP contribution in [0.1, 0.15) is 0 Å². The molecule has 8 N–H and O–H groups in total. The van der Waals surface area contributed by atoms with Gasteiger partial charge in [-0.1, -0.05) is 0 Å². The summed E-state index contributed by atoms with van der Waals surface area (Å²) >= 11 is 2.62. The highest BCUT2D eigenvalue weighted by molar-refractivity contribution is 8.03. The lowest BCUT2D eigenvalue weighted by atomic mass is 10.3. The van der Waals surface area contributed by atoms with Crippen molar-refractivity contribution >= 4 is 47.3 Å². The number of thioether (sulfide) groups is 2. The number of hydrogen-bond donors (Lipinski definition) is 6. The number of nitrogens with one attached hydrogen (secondary N) is 2. The predicted octanol–water partition coefficient (Wildman–Crippen LogP) is -2.49. The van der Waals surface area contributed by atoms with Gasteiger partial charge in [-0.2, -0.15) is 23.5 Å². The fourth-order valence-corrected chi connectivity index (χ4v) is 3.58. The highest BCUT2D eigenvalue weighted by Crippen LogP contribution is 2.10. The van der Waals surface area contributed by atoms with Gasteiger partial charge in [0.15, 0.2) is 0 Å². The normalized spacial score (nSPS) is 12.9. The van der Waals surface area contributed by atoms with Gasteiger partial charge in [0.05, 0.1) is 13.1 Å². The molecule has 2 unspecified atom stereocenters. The van der Waals surface area contributed by atoms with Crippen molar-refractivity contribution in [1.29, 1.82) is 0 Å². The fourth-order valence-electron chi connectivity index (χ4n) is 1.38. The zero-order valence-electron chi connectivity index (χ0n) is 12.9. The Kier molecular flexibility index (Phi) is 12.1. The number of rotatable bonds is 13. The lowest BCUT2D eigenvalue weighted by molar-refractivity contribution is -0.141. The molecule has 0 heterocycles. The van der Waals surface area contributed by atoms with Crippen molar-refractivity contribution < 1.29 is 29.4 Å². The van der Waals surface area contributed by atoms with Gasteiger partial charge < -0.3 is 32.3 Å². The largest absolute Gasteiger partial charge is 0.480 e. The number of aliphatic carboxylic acids is 2. The Morgan fingerprint density at radius 3 is 1.38 bits per heavy atom. The summed E-state index contributed by atoms with van der Waals surface area (Å²) in [4.78, 5) is 44.2. The van der Waals surface area contributed by atoms with Crippen LogP contribution >= 0.6 is 23.5 Å². The van der Waals surface area contributed by atoms with Gasteiger partial charge >= 0.3 is 11.9 Å². The van der Waals surface area contributed by atoms with Crippen molar-refractivity contribution in [3.05, 3.63) is 0 Å². The van der Waals surface area contributed by atoms with Gasteiger partial charge in [-0.25, -0.2) is 9.59 Å². The first-order valence-corrected chi connectivity index (χ1v) is 9.22. The van der Waals surface area contributed by atoms with E-state index in [4.69, 9.17) is 21.7 Å². The van der Waals surface area contributed by atoms with E-state index in [9.17, 15) is 19.2 Å². The summed E-state index contributed by atoms with van der Waals surface area (Å²) in [7, 11) is 0. The van der Waals surface area contributed by atoms with Crippen LogP contribution in [0, 0.1) is 0 Å². The highest BCUT2D eigenvalue weighted by atomic mass is 32.2. The van der Waals surface area contributed by atoms with Gasteiger partial charge in [-0.15, -0.1) is 0 Å². The Morgan fingerprint density at radius 2 is 1.12 bits per heavy atom. The maximum Gasteiger partial charge on any atom is 0.327 e. The van der Waals surface area contributed by atoms with Crippen LogP contribution in [0.5, 0.6) is 0 Å². The Morgan fingerprint density at radius 1 is 0.792 bits per heavy atom. The third-order valence-electron chi connectivity index (χ3n) is 2.58. The van der Waals surface area contributed by atoms with E-state index in [1.165, 1.54) is 23.5 Å². The second-order valence-electron chi connectivity index (χ2n) is 4.47. The van der Waals surface area contributed by atoms with E-state index in [2.05, 4.69) is 10.6 Å². The maximum absolute atomic E-state index is 11.1. The molecule has 10 nitrogen and oxygen atoms in total. The number of carbonyl (C=O) groups is 4. The molecule has 0 rings (SSSR count). The summed E-state index contributed by atoms with van der Waals surface area (Å²) in [5, 5.41) is 22.5. The van der Waals surface area contributed by atoms with Crippen molar-refractivity contribution in [3.63, 3.8) is 0 Å². The number of carboxylic acid groups (broad SMARTS) is 2. The average molecular weight is 382 g/mol. The Bertz CT molecular complexity index is 411. The third-order valence-corrected chi connectivity index (χ3v) is 4.96. The Hall–Kier alpha value is -1.50. The van der Waals surface area contributed by atoms with Crippen LogP contribution < -0.4 is 22.1 Å². The molecular formula is C12H22N4O6S2. The molecule has 0 spiro atoms. The Balaban J connectivity index is 4.01. The smallest absolute Gasteiger partial charge is 0.327 e. The minimum Gasteiger partial charge on any atom is -0.480 e. The molecule has 2 atom stereocenters. The van der Waals surface area contributed by atoms with Crippen LogP contribution in [0.25, 0.3) is 0 Å². The molecule has 0 saturated carbocycles. The monoisotopic (exact) mass is 382 g/mol. The number of amides is 2. The van der Waals surface area contributed by atoms with Crippen LogP contribution in [0.2, 0.25) is 0 Å². The van der Waals surface area contributed by atoms with E-state index in [1.807, 2.05) is 0 Å². The molecule has 0 aliphatic rings. The van der Waals surface area contributed by atoms with E-state index < -0.39 is 35.8 Å². The molecule has 12 heteroatoms. The summed E-state index contributed by atoms with van der Waals surface area (Å²) in [5.41, 5.74) is 10.2. The second kappa shape index (κ2) is 12.9. The first kappa shape index (κ1) is 22.5. The Labute approximate surface area is 147 Å². The minimum absolute atomic E-state index is 0.175. The van der Waals surface area contributed by atoms with E-state index in [0.29, 0.717) is 11.5 Å². The van der Waals surface area contributed by atoms with Gasteiger partial charge in [0, 0.05) is 23.0 Å². The van der Waals surface area contributed by atoms with Gasteiger partial charge in [0.2, 0.25) is 11.8 Å². The van der Waals surface area contributed by atoms with E-state index in [-0.39, 0.29) is 24.6 Å². The van der Waals surface area contributed by atoms with Gasteiger partial charge in [-0.05, 0) is 0 Å². The molecule has 0 fully saturated rings. The van der Waals surface area contributed by atoms with E-state index in [0.717, 1.165) is 0 Å². The van der Waals surface area contributed by atoms with Crippen molar-refractivity contribution in [2.75, 3.05) is 36.1 Å². The number of hydrogen-bond acceptors (Lipinski definition) is 8. The van der Waals surface area contributed by atoms with E-state index in [1.54, 1.807) is 0 Å². The van der Waals surface area contributed by atoms with E-state index >= 15 is 0 Å². The molecule has 0 saturated heterocycles. The number of nitrogens with two attached hydrogens (primary N) is 2. The molecule has 0 bridgehead atoms. The minimum atomic E-state index is -1.15. The first-order valence-electron chi connectivity index (χ1n) is 6.91. The summed E-state index contributed by atoms with van der Waals surface area (Å²) < 4.78 is 0. The van der Waals surface area contributed by atoms with Crippen LogP contribution in [-0.2, 0) is 19.2 Å². The topological polar surface area (TPSA) is 185 Å². The SMILES string of the molecule is NCC(=O)NC(CSCCSCC(NC(=O)CN)C(=O)O)C(=O)O. The quantitative estimate of drug-likeness (QED) is 0.186. The fraction of sp³-hybridized carbons (Fsp3) is 0.667.